The van der Waals surface area contributed by atoms with Gasteiger partial charge in [0.2, 0.25) is 5.95 Å². The number of hydrogen-bond acceptors (Lipinski definition) is 4. The quantitative estimate of drug-likeness (QED) is 0.172. The molecule has 0 spiro atoms. The minimum Gasteiger partial charge on any atom is -0.292 e. The Morgan fingerprint density at radius 3 is 2.10 bits per heavy atom. The van der Waals surface area contributed by atoms with Crippen molar-refractivity contribution in [3.8, 4) is 17.2 Å². The first-order chi connectivity index (χ1) is 25.3. The third-order valence-electron chi connectivity index (χ3n) is 10.5. The zero-order valence-corrected chi connectivity index (χ0v) is 27.9. The van der Waals surface area contributed by atoms with E-state index in [-0.39, 0.29) is 0 Å². The van der Waals surface area contributed by atoms with Crippen LogP contribution < -0.4 is 0 Å². The lowest BCUT2D eigenvalue weighted by atomic mass is 10.0. The van der Waals surface area contributed by atoms with E-state index in [4.69, 9.17) is 15.0 Å². The summed E-state index contributed by atoms with van der Waals surface area (Å²) in [5, 5.41) is 9.37. The van der Waals surface area contributed by atoms with Crippen LogP contribution >= 0.6 is 11.3 Å². The highest BCUT2D eigenvalue weighted by Crippen LogP contribution is 2.45. The summed E-state index contributed by atoms with van der Waals surface area (Å²) < 4.78 is 7.10. The lowest BCUT2D eigenvalue weighted by molar-refractivity contribution is 1.02. The summed E-state index contributed by atoms with van der Waals surface area (Å²) in [5.41, 5.74) is 8.92. The van der Waals surface area contributed by atoms with Crippen molar-refractivity contribution in [2.75, 3.05) is 0 Å². The summed E-state index contributed by atoms with van der Waals surface area (Å²) >= 11 is 1.84. The van der Waals surface area contributed by atoms with Gasteiger partial charge in [0.25, 0.3) is 0 Å². The summed E-state index contributed by atoms with van der Waals surface area (Å²) in [5.74, 6) is 0.646. The van der Waals surface area contributed by atoms with E-state index in [0.29, 0.717) is 5.95 Å². The van der Waals surface area contributed by atoms with Gasteiger partial charge in [0, 0.05) is 37.2 Å². The number of rotatable bonds is 2. The minimum absolute atomic E-state index is 0.646. The summed E-state index contributed by atoms with van der Waals surface area (Å²) in [6.45, 7) is 0. The van der Waals surface area contributed by atoms with Gasteiger partial charge in [0.15, 0.2) is 0 Å². The highest BCUT2D eigenvalue weighted by molar-refractivity contribution is 7.26. The number of pyridine rings is 1. The van der Waals surface area contributed by atoms with E-state index < -0.39 is 0 Å². The van der Waals surface area contributed by atoms with Crippen LogP contribution in [-0.2, 0) is 0 Å². The second-order valence-electron chi connectivity index (χ2n) is 13.2. The molecule has 0 aliphatic carbocycles. The van der Waals surface area contributed by atoms with Crippen LogP contribution in [0.5, 0.6) is 0 Å². The van der Waals surface area contributed by atoms with Crippen LogP contribution in [0.3, 0.4) is 0 Å². The highest BCUT2D eigenvalue weighted by Gasteiger charge is 2.24. The molecular formula is C45H25N5S. The van der Waals surface area contributed by atoms with E-state index >= 15 is 0 Å². The molecule has 236 valence electrons. The maximum Gasteiger partial charge on any atom is 0.235 e. The molecule has 0 saturated carbocycles. The van der Waals surface area contributed by atoms with E-state index in [9.17, 15) is 0 Å². The summed E-state index contributed by atoms with van der Waals surface area (Å²) in [7, 11) is 0. The molecule has 0 aliphatic rings. The molecule has 12 rings (SSSR count). The van der Waals surface area contributed by atoms with Crippen LogP contribution in [0.2, 0.25) is 0 Å². The first-order valence-corrected chi connectivity index (χ1v) is 17.9. The Balaban J connectivity index is 1.33. The molecule has 0 fully saturated rings. The Bertz CT molecular complexity index is 3430. The second kappa shape index (κ2) is 9.97. The smallest absolute Gasteiger partial charge is 0.235 e. The number of aromatic nitrogens is 5. The van der Waals surface area contributed by atoms with E-state index in [0.717, 1.165) is 60.8 Å². The van der Waals surface area contributed by atoms with Crippen molar-refractivity contribution in [3.63, 3.8) is 0 Å². The molecule has 7 aromatic carbocycles. The molecule has 0 N–H and O–H groups in total. The molecule has 0 aliphatic heterocycles. The van der Waals surface area contributed by atoms with Gasteiger partial charge >= 0.3 is 0 Å². The Morgan fingerprint density at radius 2 is 1.20 bits per heavy atom. The van der Waals surface area contributed by atoms with Gasteiger partial charge in [0.1, 0.15) is 5.65 Å². The van der Waals surface area contributed by atoms with Crippen molar-refractivity contribution >= 4 is 103 Å². The fraction of sp³-hybridized carbons (Fsp3) is 0. The lowest BCUT2D eigenvalue weighted by Crippen LogP contribution is -2.05. The van der Waals surface area contributed by atoms with Crippen molar-refractivity contribution in [1.82, 2.24) is 23.9 Å². The van der Waals surface area contributed by atoms with Gasteiger partial charge in [-0.1, -0.05) is 121 Å². The second-order valence-corrected chi connectivity index (χ2v) is 14.2. The van der Waals surface area contributed by atoms with Crippen molar-refractivity contribution in [3.05, 3.63) is 152 Å². The molecule has 0 atom stereocenters. The minimum atomic E-state index is 0.646. The van der Waals surface area contributed by atoms with Gasteiger partial charge in [-0.3, -0.25) is 8.97 Å². The SMILES string of the molecule is c1ccc(-c2nc(-n3c4ccc5ccccc5c4c4ccc5c6ccccc6sc5c43)nc3c4ccccc4n4c5ccccc5nc4c23)cc1. The van der Waals surface area contributed by atoms with Gasteiger partial charge in [0.05, 0.1) is 48.9 Å². The molecular weight excluding hydrogens is 643 g/mol. The molecule has 6 heteroatoms. The van der Waals surface area contributed by atoms with E-state index in [1.807, 2.05) is 17.4 Å². The molecule has 5 heterocycles. The first kappa shape index (κ1) is 27.2. The summed E-state index contributed by atoms with van der Waals surface area (Å²) in [4.78, 5) is 16.4. The number of benzene rings is 7. The van der Waals surface area contributed by atoms with Crippen LogP contribution in [0, 0.1) is 0 Å². The number of hydrogen-bond donors (Lipinski definition) is 0. The normalized spacial score (nSPS) is 12.3. The maximum atomic E-state index is 5.60. The van der Waals surface area contributed by atoms with Crippen molar-refractivity contribution in [1.29, 1.82) is 0 Å². The Labute approximate surface area is 294 Å². The predicted octanol–water partition coefficient (Wildman–Crippen LogP) is 11.9. The Kier molecular flexibility index (Phi) is 5.32. The van der Waals surface area contributed by atoms with Gasteiger partial charge in [-0.2, -0.15) is 0 Å². The van der Waals surface area contributed by atoms with E-state index in [1.165, 1.54) is 41.7 Å². The average molecular weight is 668 g/mol. The largest absolute Gasteiger partial charge is 0.292 e. The van der Waals surface area contributed by atoms with Crippen LogP contribution in [-0.4, -0.2) is 23.9 Å². The van der Waals surface area contributed by atoms with Gasteiger partial charge in [-0.15, -0.1) is 11.3 Å². The topological polar surface area (TPSA) is 48.0 Å². The predicted molar refractivity (Wildman–Crippen MR) is 213 cm³/mol. The third kappa shape index (κ3) is 3.61. The molecule has 12 aromatic rings. The van der Waals surface area contributed by atoms with Crippen LogP contribution in [0.4, 0.5) is 0 Å². The molecule has 0 amide bonds. The molecule has 0 saturated heterocycles. The molecule has 0 unspecified atom stereocenters. The monoisotopic (exact) mass is 667 g/mol. The molecule has 0 radical (unpaired) electrons. The van der Waals surface area contributed by atoms with Crippen LogP contribution in [0.25, 0.3) is 108 Å². The zero-order valence-electron chi connectivity index (χ0n) is 27.1. The van der Waals surface area contributed by atoms with Crippen LogP contribution in [0.15, 0.2) is 152 Å². The van der Waals surface area contributed by atoms with E-state index in [1.54, 1.807) is 0 Å². The van der Waals surface area contributed by atoms with Gasteiger partial charge < -0.3 is 0 Å². The Morgan fingerprint density at radius 1 is 0.471 bits per heavy atom. The van der Waals surface area contributed by atoms with Gasteiger partial charge in [-0.05, 0) is 41.1 Å². The summed E-state index contributed by atoms with van der Waals surface area (Å²) in [6.07, 6.45) is 0. The third-order valence-corrected chi connectivity index (χ3v) is 11.7. The standard InChI is InChI=1S/C45H25N5S/c1-2-13-27(14-3-1)40-39-41(31-17-6-9-19-34(31)49-35-20-10-8-18-33(35)46-44(39)49)48-45(47-40)50-36-25-22-26-12-4-5-15-28(26)38(36)32-24-23-30-29-16-7-11-21-37(29)51-43(30)42(32)50/h1-25H. The zero-order chi connectivity index (χ0) is 33.2. The molecule has 5 nitrogen and oxygen atoms in total. The van der Waals surface area contributed by atoms with Crippen molar-refractivity contribution in [2.45, 2.75) is 0 Å². The van der Waals surface area contributed by atoms with Crippen molar-refractivity contribution < 1.29 is 0 Å². The lowest BCUT2D eigenvalue weighted by Gasteiger charge is -2.15. The first-order valence-electron chi connectivity index (χ1n) is 17.1. The maximum absolute atomic E-state index is 5.60. The van der Waals surface area contributed by atoms with Gasteiger partial charge in [-0.25, -0.2) is 15.0 Å². The summed E-state index contributed by atoms with van der Waals surface area (Å²) in [6, 6.07) is 53.9. The van der Waals surface area contributed by atoms with E-state index in [2.05, 4.69) is 155 Å². The number of thiophene rings is 1. The number of fused-ring (bicyclic) bond motifs is 17. The number of para-hydroxylation sites is 3. The molecule has 5 aromatic heterocycles. The fourth-order valence-electron chi connectivity index (χ4n) is 8.32. The number of imidazole rings is 1. The Hall–Kier alpha value is -6.63. The average Bonchev–Trinajstić information content (AvgIpc) is 3.88. The molecule has 0 bridgehead atoms. The number of nitrogens with zero attached hydrogens (tertiary/aromatic N) is 5. The fourth-order valence-corrected chi connectivity index (χ4v) is 9.56. The highest BCUT2D eigenvalue weighted by atomic mass is 32.1. The van der Waals surface area contributed by atoms with Crippen LogP contribution in [0.1, 0.15) is 0 Å². The molecule has 51 heavy (non-hydrogen) atoms. The van der Waals surface area contributed by atoms with Crippen molar-refractivity contribution in [2.24, 2.45) is 0 Å².